The molecule has 128 valence electrons. The van der Waals surface area contributed by atoms with Crippen LogP contribution in [-0.2, 0) is 19.5 Å². The van der Waals surface area contributed by atoms with Gasteiger partial charge in [0.25, 0.3) is 0 Å². The van der Waals surface area contributed by atoms with Crippen LogP contribution < -0.4 is 4.90 Å². The number of nitrogens with zero attached hydrogens (tertiary/aromatic N) is 4. The lowest BCUT2D eigenvalue weighted by Crippen LogP contribution is -2.31. The normalized spacial score (nSPS) is 17.8. The van der Waals surface area contributed by atoms with Gasteiger partial charge in [-0.3, -0.25) is 4.90 Å². The molecule has 0 unspecified atom stereocenters. The molecule has 1 saturated carbocycles. The molecule has 0 saturated heterocycles. The van der Waals surface area contributed by atoms with E-state index in [-0.39, 0.29) is 0 Å². The molecule has 1 fully saturated rings. The van der Waals surface area contributed by atoms with Crippen LogP contribution in [0, 0.1) is 0 Å². The van der Waals surface area contributed by atoms with Crippen molar-refractivity contribution in [2.45, 2.75) is 52.1 Å². The van der Waals surface area contributed by atoms with Gasteiger partial charge in [0.05, 0.1) is 6.54 Å². The maximum absolute atomic E-state index is 6.03. The van der Waals surface area contributed by atoms with Crippen LogP contribution in [0.15, 0.2) is 22.7 Å². The Hall–Kier alpha value is -1.88. The van der Waals surface area contributed by atoms with Crippen molar-refractivity contribution < 1.29 is 4.42 Å². The molecule has 2 aliphatic rings. The van der Waals surface area contributed by atoms with Gasteiger partial charge in [-0.25, -0.2) is 9.97 Å². The standard InChI is InChI=1S/C19H26N4O/c1-3-23(4-2)18-8-7-16(24-18)13-22-10-9-17-15(12-22)11-20-19(21-17)14-5-6-14/h7-8,11,14H,3-6,9-10,12-13H2,1-2H3. The second-order valence-corrected chi connectivity index (χ2v) is 6.85. The van der Waals surface area contributed by atoms with Crippen LogP contribution in [0.4, 0.5) is 5.88 Å². The summed E-state index contributed by atoms with van der Waals surface area (Å²) in [6.45, 7) is 9.07. The number of anilines is 1. The van der Waals surface area contributed by atoms with Gasteiger partial charge >= 0.3 is 0 Å². The van der Waals surface area contributed by atoms with Crippen molar-refractivity contribution in [2.24, 2.45) is 0 Å². The molecule has 0 aromatic carbocycles. The minimum atomic E-state index is 0.634. The Morgan fingerprint density at radius 3 is 2.83 bits per heavy atom. The summed E-state index contributed by atoms with van der Waals surface area (Å²) in [5.74, 6) is 3.72. The lowest BCUT2D eigenvalue weighted by molar-refractivity contribution is 0.223. The Morgan fingerprint density at radius 2 is 2.08 bits per heavy atom. The van der Waals surface area contributed by atoms with E-state index in [1.54, 1.807) is 0 Å². The summed E-state index contributed by atoms with van der Waals surface area (Å²) in [5, 5.41) is 0. The average molecular weight is 326 g/mol. The number of furan rings is 1. The number of hydrogen-bond donors (Lipinski definition) is 0. The summed E-state index contributed by atoms with van der Waals surface area (Å²) >= 11 is 0. The largest absolute Gasteiger partial charge is 0.444 e. The highest BCUT2D eigenvalue weighted by molar-refractivity contribution is 5.36. The SMILES string of the molecule is CCN(CC)c1ccc(CN2CCc3nc(C4CC4)ncc3C2)o1. The summed E-state index contributed by atoms with van der Waals surface area (Å²) in [7, 11) is 0. The van der Waals surface area contributed by atoms with Crippen molar-refractivity contribution in [1.29, 1.82) is 0 Å². The maximum atomic E-state index is 6.03. The highest BCUT2D eigenvalue weighted by Gasteiger charge is 2.28. The van der Waals surface area contributed by atoms with E-state index in [0.717, 1.165) is 56.6 Å². The van der Waals surface area contributed by atoms with Crippen LogP contribution in [0.2, 0.25) is 0 Å². The first-order valence-corrected chi connectivity index (χ1v) is 9.17. The summed E-state index contributed by atoms with van der Waals surface area (Å²) in [6, 6.07) is 4.20. The van der Waals surface area contributed by atoms with E-state index in [1.807, 2.05) is 6.20 Å². The molecule has 2 aromatic heterocycles. The molecule has 1 aliphatic heterocycles. The smallest absolute Gasteiger partial charge is 0.195 e. The number of hydrogen-bond acceptors (Lipinski definition) is 5. The minimum absolute atomic E-state index is 0.634. The molecule has 0 radical (unpaired) electrons. The van der Waals surface area contributed by atoms with Gasteiger partial charge in [-0.2, -0.15) is 0 Å². The van der Waals surface area contributed by atoms with E-state index in [0.29, 0.717) is 5.92 Å². The predicted octanol–water partition coefficient (Wildman–Crippen LogP) is 3.35. The van der Waals surface area contributed by atoms with Gasteiger partial charge in [-0.15, -0.1) is 0 Å². The zero-order valence-electron chi connectivity index (χ0n) is 14.7. The molecule has 0 spiro atoms. The molecule has 1 aliphatic carbocycles. The van der Waals surface area contributed by atoms with Gasteiger partial charge in [-0.05, 0) is 32.8 Å². The Bertz CT molecular complexity index is 703. The van der Waals surface area contributed by atoms with Gasteiger partial charge in [0.1, 0.15) is 11.6 Å². The Labute approximate surface area is 143 Å². The monoisotopic (exact) mass is 326 g/mol. The predicted molar refractivity (Wildman–Crippen MR) is 94.1 cm³/mol. The van der Waals surface area contributed by atoms with Gasteiger partial charge in [0, 0.05) is 62.0 Å². The summed E-state index contributed by atoms with van der Waals surface area (Å²) in [4.78, 5) is 14.0. The Morgan fingerprint density at radius 1 is 1.25 bits per heavy atom. The van der Waals surface area contributed by atoms with Gasteiger partial charge in [-0.1, -0.05) is 0 Å². The van der Waals surface area contributed by atoms with E-state index in [2.05, 4.69) is 40.8 Å². The summed E-state index contributed by atoms with van der Waals surface area (Å²) in [6.07, 6.45) is 5.59. The Balaban J connectivity index is 1.41. The average Bonchev–Trinajstić information content (AvgIpc) is 3.36. The van der Waals surface area contributed by atoms with Crippen molar-refractivity contribution in [3.05, 3.63) is 41.2 Å². The van der Waals surface area contributed by atoms with Gasteiger partial charge in [0.2, 0.25) is 0 Å². The molecular formula is C19H26N4O. The van der Waals surface area contributed by atoms with Crippen molar-refractivity contribution in [3.63, 3.8) is 0 Å². The van der Waals surface area contributed by atoms with E-state index in [1.165, 1.54) is 24.1 Å². The van der Waals surface area contributed by atoms with Crippen molar-refractivity contribution in [2.75, 3.05) is 24.5 Å². The van der Waals surface area contributed by atoms with Crippen molar-refractivity contribution in [3.8, 4) is 0 Å². The lowest BCUT2D eigenvalue weighted by atomic mass is 10.1. The van der Waals surface area contributed by atoms with Crippen LogP contribution in [0.1, 0.15) is 55.4 Å². The van der Waals surface area contributed by atoms with Crippen LogP contribution in [-0.4, -0.2) is 34.5 Å². The topological polar surface area (TPSA) is 45.4 Å². The van der Waals surface area contributed by atoms with Gasteiger partial charge < -0.3 is 9.32 Å². The molecule has 5 heteroatoms. The van der Waals surface area contributed by atoms with Crippen LogP contribution in [0.3, 0.4) is 0 Å². The molecule has 0 atom stereocenters. The number of fused-ring (bicyclic) bond motifs is 1. The van der Waals surface area contributed by atoms with E-state index >= 15 is 0 Å². The van der Waals surface area contributed by atoms with Crippen molar-refractivity contribution >= 4 is 5.88 Å². The molecular weight excluding hydrogens is 300 g/mol. The zero-order chi connectivity index (χ0) is 16.5. The van der Waals surface area contributed by atoms with Crippen molar-refractivity contribution in [1.82, 2.24) is 14.9 Å². The third-order valence-electron chi connectivity index (χ3n) is 5.08. The molecule has 3 heterocycles. The fourth-order valence-corrected chi connectivity index (χ4v) is 3.44. The van der Waals surface area contributed by atoms with Crippen LogP contribution >= 0.6 is 0 Å². The second-order valence-electron chi connectivity index (χ2n) is 6.85. The number of aromatic nitrogens is 2. The lowest BCUT2D eigenvalue weighted by Gasteiger charge is -2.27. The highest BCUT2D eigenvalue weighted by atomic mass is 16.4. The molecule has 0 bridgehead atoms. The van der Waals surface area contributed by atoms with E-state index < -0.39 is 0 Å². The van der Waals surface area contributed by atoms with Crippen LogP contribution in [0.25, 0.3) is 0 Å². The fraction of sp³-hybridized carbons (Fsp3) is 0.579. The fourth-order valence-electron chi connectivity index (χ4n) is 3.44. The first-order valence-electron chi connectivity index (χ1n) is 9.17. The third kappa shape index (κ3) is 3.18. The summed E-state index contributed by atoms with van der Waals surface area (Å²) < 4.78 is 6.03. The van der Waals surface area contributed by atoms with E-state index in [9.17, 15) is 0 Å². The third-order valence-corrected chi connectivity index (χ3v) is 5.08. The maximum Gasteiger partial charge on any atom is 0.195 e. The Kier molecular flexibility index (Phi) is 4.27. The van der Waals surface area contributed by atoms with Gasteiger partial charge in [0.15, 0.2) is 5.88 Å². The quantitative estimate of drug-likeness (QED) is 0.814. The first kappa shape index (κ1) is 15.6. The first-order chi connectivity index (χ1) is 11.8. The molecule has 2 aromatic rings. The molecule has 24 heavy (non-hydrogen) atoms. The highest BCUT2D eigenvalue weighted by Crippen LogP contribution is 2.38. The van der Waals surface area contributed by atoms with Crippen LogP contribution in [0.5, 0.6) is 0 Å². The molecule has 0 amide bonds. The second kappa shape index (κ2) is 6.55. The zero-order valence-corrected chi connectivity index (χ0v) is 14.7. The molecule has 0 N–H and O–H groups in total. The minimum Gasteiger partial charge on any atom is -0.444 e. The molecule has 5 nitrogen and oxygen atoms in total. The summed E-state index contributed by atoms with van der Waals surface area (Å²) in [5.41, 5.74) is 2.53. The number of rotatable bonds is 6. The van der Waals surface area contributed by atoms with E-state index in [4.69, 9.17) is 9.40 Å². The molecule has 4 rings (SSSR count).